The normalized spacial score (nSPS) is 16.6. The third-order valence-corrected chi connectivity index (χ3v) is 2.82. The lowest BCUT2D eigenvalue weighted by atomic mass is 10.1. The molecule has 1 aliphatic rings. The SMILES string of the molecule is CC(C)c1cnc(C2CC2)c(Cl)c1. The summed E-state index contributed by atoms with van der Waals surface area (Å²) in [6.45, 7) is 4.31. The Kier molecular flexibility index (Phi) is 2.29. The summed E-state index contributed by atoms with van der Waals surface area (Å²) in [7, 11) is 0. The highest BCUT2D eigenvalue weighted by Crippen LogP contribution is 2.42. The maximum atomic E-state index is 6.15. The van der Waals surface area contributed by atoms with Gasteiger partial charge in [-0.2, -0.15) is 0 Å². The van der Waals surface area contributed by atoms with Crippen LogP contribution in [-0.4, -0.2) is 4.98 Å². The average molecular weight is 196 g/mol. The Labute approximate surface area is 84.1 Å². The van der Waals surface area contributed by atoms with Crippen LogP contribution >= 0.6 is 11.6 Å². The fourth-order valence-corrected chi connectivity index (χ4v) is 1.77. The Hall–Kier alpha value is -0.560. The molecule has 13 heavy (non-hydrogen) atoms. The summed E-state index contributed by atoms with van der Waals surface area (Å²) in [4.78, 5) is 4.43. The van der Waals surface area contributed by atoms with Crippen molar-refractivity contribution in [2.45, 2.75) is 38.5 Å². The van der Waals surface area contributed by atoms with Crippen LogP contribution in [0.5, 0.6) is 0 Å². The van der Waals surface area contributed by atoms with Crippen LogP contribution in [0.15, 0.2) is 12.3 Å². The highest BCUT2D eigenvalue weighted by atomic mass is 35.5. The van der Waals surface area contributed by atoms with E-state index >= 15 is 0 Å². The van der Waals surface area contributed by atoms with Crippen molar-refractivity contribution in [3.8, 4) is 0 Å². The van der Waals surface area contributed by atoms with Gasteiger partial charge in [0.25, 0.3) is 0 Å². The smallest absolute Gasteiger partial charge is 0.0627 e. The van der Waals surface area contributed by atoms with Crippen LogP contribution in [0.2, 0.25) is 5.02 Å². The van der Waals surface area contributed by atoms with Crippen LogP contribution in [0.25, 0.3) is 0 Å². The molecule has 2 rings (SSSR count). The molecular formula is C11H14ClN. The fourth-order valence-electron chi connectivity index (χ4n) is 1.44. The molecule has 70 valence electrons. The molecule has 0 atom stereocenters. The Morgan fingerprint density at radius 1 is 1.46 bits per heavy atom. The minimum atomic E-state index is 0.512. The van der Waals surface area contributed by atoms with Gasteiger partial charge in [0, 0.05) is 12.1 Å². The minimum absolute atomic E-state index is 0.512. The van der Waals surface area contributed by atoms with E-state index in [4.69, 9.17) is 11.6 Å². The Balaban J connectivity index is 2.31. The molecule has 1 nitrogen and oxygen atoms in total. The maximum Gasteiger partial charge on any atom is 0.0627 e. The van der Waals surface area contributed by atoms with Gasteiger partial charge >= 0.3 is 0 Å². The van der Waals surface area contributed by atoms with E-state index in [-0.39, 0.29) is 0 Å². The van der Waals surface area contributed by atoms with Gasteiger partial charge in [0.05, 0.1) is 10.7 Å². The van der Waals surface area contributed by atoms with E-state index in [0.717, 1.165) is 10.7 Å². The molecule has 0 unspecified atom stereocenters. The molecule has 1 saturated carbocycles. The molecule has 1 aromatic heterocycles. The number of aromatic nitrogens is 1. The van der Waals surface area contributed by atoms with E-state index in [2.05, 4.69) is 24.9 Å². The predicted molar refractivity (Wildman–Crippen MR) is 55.3 cm³/mol. The molecule has 0 saturated heterocycles. The summed E-state index contributed by atoms with van der Waals surface area (Å²) >= 11 is 6.15. The van der Waals surface area contributed by atoms with Crippen molar-refractivity contribution in [1.82, 2.24) is 4.98 Å². The van der Waals surface area contributed by atoms with E-state index in [0.29, 0.717) is 11.8 Å². The zero-order valence-electron chi connectivity index (χ0n) is 8.05. The van der Waals surface area contributed by atoms with Gasteiger partial charge in [-0.25, -0.2) is 0 Å². The third kappa shape index (κ3) is 1.86. The molecule has 0 radical (unpaired) electrons. The first-order valence-electron chi connectivity index (χ1n) is 4.84. The largest absolute Gasteiger partial charge is 0.259 e. The van der Waals surface area contributed by atoms with E-state index in [1.807, 2.05) is 6.20 Å². The van der Waals surface area contributed by atoms with Crippen LogP contribution in [-0.2, 0) is 0 Å². The van der Waals surface area contributed by atoms with Crippen LogP contribution in [0, 0.1) is 0 Å². The molecule has 0 spiro atoms. The highest BCUT2D eigenvalue weighted by molar-refractivity contribution is 6.31. The quantitative estimate of drug-likeness (QED) is 0.701. The summed E-state index contributed by atoms with van der Waals surface area (Å²) in [5.74, 6) is 1.16. The van der Waals surface area contributed by atoms with Crippen molar-refractivity contribution < 1.29 is 0 Å². The lowest BCUT2D eigenvalue weighted by Crippen LogP contribution is -1.93. The average Bonchev–Trinajstić information content (AvgIpc) is 2.87. The van der Waals surface area contributed by atoms with Crippen molar-refractivity contribution in [2.24, 2.45) is 0 Å². The molecule has 0 N–H and O–H groups in total. The second kappa shape index (κ2) is 3.30. The van der Waals surface area contributed by atoms with Gasteiger partial charge in [-0.3, -0.25) is 4.98 Å². The number of nitrogens with zero attached hydrogens (tertiary/aromatic N) is 1. The first-order valence-corrected chi connectivity index (χ1v) is 5.21. The monoisotopic (exact) mass is 195 g/mol. The van der Waals surface area contributed by atoms with Gasteiger partial charge in [0.2, 0.25) is 0 Å². The Morgan fingerprint density at radius 3 is 2.62 bits per heavy atom. The number of rotatable bonds is 2. The zero-order chi connectivity index (χ0) is 9.42. The van der Waals surface area contributed by atoms with Gasteiger partial charge in [-0.15, -0.1) is 0 Å². The molecule has 0 aromatic carbocycles. The van der Waals surface area contributed by atoms with Crippen molar-refractivity contribution in [2.75, 3.05) is 0 Å². The van der Waals surface area contributed by atoms with Gasteiger partial charge in [-0.1, -0.05) is 25.4 Å². The van der Waals surface area contributed by atoms with E-state index in [9.17, 15) is 0 Å². The predicted octanol–water partition coefficient (Wildman–Crippen LogP) is 3.74. The summed E-state index contributed by atoms with van der Waals surface area (Å²) < 4.78 is 0. The number of hydrogen-bond acceptors (Lipinski definition) is 1. The molecule has 1 aliphatic carbocycles. The molecule has 0 aliphatic heterocycles. The van der Waals surface area contributed by atoms with Crippen molar-refractivity contribution in [3.05, 3.63) is 28.5 Å². The van der Waals surface area contributed by atoms with Gasteiger partial charge < -0.3 is 0 Å². The summed E-state index contributed by atoms with van der Waals surface area (Å²) in [5, 5.41) is 0.855. The van der Waals surface area contributed by atoms with E-state index in [1.54, 1.807) is 0 Å². The van der Waals surface area contributed by atoms with E-state index < -0.39 is 0 Å². The third-order valence-electron chi connectivity index (χ3n) is 2.52. The van der Waals surface area contributed by atoms with Crippen molar-refractivity contribution in [3.63, 3.8) is 0 Å². The molecule has 2 heteroatoms. The maximum absolute atomic E-state index is 6.15. The fraction of sp³-hybridized carbons (Fsp3) is 0.545. The lowest BCUT2D eigenvalue weighted by molar-refractivity contribution is 0.850. The van der Waals surface area contributed by atoms with Gasteiger partial charge in [0.1, 0.15) is 0 Å². The van der Waals surface area contributed by atoms with E-state index in [1.165, 1.54) is 18.4 Å². The number of pyridine rings is 1. The topological polar surface area (TPSA) is 12.9 Å². The standard InChI is InChI=1S/C11H14ClN/c1-7(2)9-5-10(12)11(13-6-9)8-3-4-8/h5-8H,3-4H2,1-2H3. The minimum Gasteiger partial charge on any atom is -0.259 e. The van der Waals surface area contributed by atoms with Crippen LogP contribution in [0.1, 0.15) is 49.8 Å². The highest BCUT2D eigenvalue weighted by Gasteiger charge is 2.27. The number of hydrogen-bond donors (Lipinski definition) is 0. The Bertz CT molecular complexity index is 316. The van der Waals surface area contributed by atoms with Crippen molar-refractivity contribution in [1.29, 1.82) is 0 Å². The molecule has 0 bridgehead atoms. The first-order chi connectivity index (χ1) is 6.18. The first kappa shape index (κ1) is 9.01. The lowest BCUT2D eigenvalue weighted by Gasteiger charge is -2.07. The molecule has 0 amide bonds. The van der Waals surface area contributed by atoms with Crippen molar-refractivity contribution >= 4 is 11.6 Å². The summed E-state index contributed by atoms with van der Waals surface area (Å²) in [6, 6.07) is 2.06. The molecule has 1 aromatic rings. The Morgan fingerprint density at radius 2 is 2.15 bits per heavy atom. The summed E-state index contributed by atoms with van der Waals surface area (Å²) in [6.07, 6.45) is 4.48. The summed E-state index contributed by atoms with van der Waals surface area (Å²) in [5.41, 5.74) is 2.33. The molecule has 1 fully saturated rings. The van der Waals surface area contributed by atoms with Crippen LogP contribution in [0.3, 0.4) is 0 Å². The van der Waals surface area contributed by atoms with Gasteiger partial charge in [-0.05, 0) is 30.4 Å². The van der Waals surface area contributed by atoms with Gasteiger partial charge in [0.15, 0.2) is 0 Å². The molecular weight excluding hydrogens is 182 g/mol. The second-order valence-corrected chi connectivity index (χ2v) is 4.47. The zero-order valence-corrected chi connectivity index (χ0v) is 8.80. The number of halogens is 1. The van der Waals surface area contributed by atoms with Crippen LogP contribution in [0.4, 0.5) is 0 Å². The molecule has 1 heterocycles. The second-order valence-electron chi connectivity index (χ2n) is 4.06. The van der Waals surface area contributed by atoms with Crippen LogP contribution < -0.4 is 0 Å².